The molecule has 15 nitrogen and oxygen atoms in total. The Bertz CT molecular complexity index is 2520. The Balaban J connectivity index is 0.760. The number of ether oxygens (including phenoxy) is 1. The number of carbonyl (C=O) groups is 4. The Morgan fingerprint density at radius 2 is 1.68 bits per heavy atom. The number of piperazine rings is 1. The number of halogens is 2. The van der Waals surface area contributed by atoms with E-state index in [-0.39, 0.29) is 42.2 Å². The maximum Gasteiger partial charge on any atom is 0.274 e. The molecule has 6 heterocycles. The predicted molar refractivity (Wildman–Crippen MR) is 211 cm³/mol. The van der Waals surface area contributed by atoms with Crippen molar-refractivity contribution in [1.82, 2.24) is 34.5 Å². The summed E-state index contributed by atoms with van der Waals surface area (Å²) in [5.74, 6) is -3.94. The van der Waals surface area contributed by atoms with E-state index in [1.54, 1.807) is 30.2 Å². The maximum atomic E-state index is 15.1. The van der Waals surface area contributed by atoms with Crippen LogP contribution in [0.4, 0.5) is 20.2 Å². The highest BCUT2D eigenvalue weighted by molar-refractivity contribution is 6.06. The molecule has 9 rings (SSSR count). The number of nitrogens with zero attached hydrogens (tertiary/aromatic N) is 8. The number of hydrogen-bond acceptors (Lipinski definition) is 10. The molecule has 1 saturated carbocycles. The highest BCUT2D eigenvalue weighted by atomic mass is 19.1. The normalized spacial score (nSPS) is 21.6. The van der Waals surface area contributed by atoms with E-state index in [0.717, 1.165) is 49.7 Å². The van der Waals surface area contributed by atoms with Crippen LogP contribution in [0.15, 0.2) is 54.9 Å². The molecule has 4 aliphatic rings. The third-order valence-electron chi connectivity index (χ3n) is 12.4. The lowest BCUT2D eigenvalue weighted by atomic mass is 9.89. The van der Waals surface area contributed by atoms with Gasteiger partial charge in [-0.25, -0.2) is 13.3 Å². The molecule has 3 aromatic heterocycles. The summed E-state index contributed by atoms with van der Waals surface area (Å²) in [5, 5.41) is 24.3. The number of benzene rings is 2. The standard InChI is InChI=1S/C42H42F2N10O5/c1-59-37-18-34-25(15-35(37)47-41(57)36-8-6-29-14-24(19-45)20-46-54(29)36)23-53(49-34)28-4-2-27(3-5-28)50-10-12-51(13-11-50)42(58)26-21-52(22-26)30-16-32(43)39(33(44)17-30)31-7-9-38(55)48-40(31)56/h6,8,14-18,20,23,26-28,31H,2-5,7,9-13,21-22H2,1H3,(H,47,57)(H,48,55,56)/t27-,28-,31-/m1/s1. The van der Waals surface area contributed by atoms with E-state index in [2.05, 4.69) is 26.7 Å². The largest absolute Gasteiger partial charge is 0.494 e. The summed E-state index contributed by atoms with van der Waals surface area (Å²) < 4.78 is 39.3. The SMILES string of the molecule is COc1cc2nn([C@H]3CC[C@H](N4CCN(C(=O)C5CN(c6cc(F)c([C@H]7CCC(=O)NC7=O)c(F)c6)C5)CC4)CC3)cc2cc1NC(=O)c1ccc2cc(C#N)cnn12. The molecule has 0 unspecified atom stereocenters. The highest BCUT2D eigenvalue weighted by Gasteiger charge is 2.39. The van der Waals surface area contributed by atoms with Crippen molar-refractivity contribution < 1.29 is 32.7 Å². The molecule has 304 valence electrons. The van der Waals surface area contributed by atoms with Gasteiger partial charge in [-0.05, 0) is 68.5 Å². The summed E-state index contributed by atoms with van der Waals surface area (Å²) in [6, 6.07) is 13.9. The number of nitrogens with one attached hydrogen (secondary N) is 2. The summed E-state index contributed by atoms with van der Waals surface area (Å²) in [6.45, 7) is 3.55. The van der Waals surface area contributed by atoms with Gasteiger partial charge in [-0.15, -0.1) is 0 Å². The fourth-order valence-corrected chi connectivity index (χ4v) is 9.10. The van der Waals surface area contributed by atoms with E-state index in [1.807, 2.05) is 27.9 Å². The van der Waals surface area contributed by atoms with Gasteiger partial charge in [0.2, 0.25) is 17.7 Å². The van der Waals surface area contributed by atoms with E-state index < -0.39 is 29.4 Å². The number of amides is 4. The Morgan fingerprint density at radius 3 is 2.37 bits per heavy atom. The second-order valence-corrected chi connectivity index (χ2v) is 15.8. The van der Waals surface area contributed by atoms with Gasteiger partial charge in [0.05, 0.1) is 53.5 Å². The second kappa shape index (κ2) is 15.4. The zero-order valence-electron chi connectivity index (χ0n) is 32.4. The topological polar surface area (TPSA) is 170 Å². The molecular weight excluding hydrogens is 763 g/mol. The van der Waals surface area contributed by atoms with Gasteiger partial charge in [0.15, 0.2) is 0 Å². The minimum atomic E-state index is -1.06. The van der Waals surface area contributed by atoms with Crippen LogP contribution in [0, 0.1) is 28.9 Å². The van der Waals surface area contributed by atoms with Gasteiger partial charge in [0.25, 0.3) is 5.91 Å². The van der Waals surface area contributed by atoms with Crippen molar-refractivity contribution in [2.75, 3.05) is 56.6 Å². The summed E-state index contributed by atoms with van der Waals surface area (Å²) in [4.78, 5) is 56.6. The molecule has 59 heavy (non-hydrogen) atoms. The fourth-order valence-electron chi connectivity index (χ4n) is 9.10. The molecule has 3 saturated heterocycles. The average molecular weight is 805 g/mol. The number of carbonyl (C=O) groups excluding carboxylic acids is 4. The third kappa shape index (κ3) is 7.22. The number of imide groups is 1. The van der Waals surface area contributed by atoms with Crippen LogP contribution in [-0.2, 0) is 14.4 Å². The molecule has 0 bridgehead atoms. The second-order valence-electron chi connectivity index (χ2n) is 15.8. The molecule has 2 N–H and O–H groups in total. The Hall–Kier alpha value is -6.41. The first-order valence-electron chi connectivity index (χ1n) is 19.9. The number of fused-ring (bicyclic) bond motifs is 2. The van der Waals surface area contributed by atoms with Gasteiger partial charge < -0.3 is 19.9 Å². The summed E-state index contributed by atoms with van der Waals surface area (Å²) in [5.41, 5.74) is 2.64. The Labute approximate surface area is 337 Å². The van der Waals surface area contributed by atoms with Crippen LogP contribution < -0.4 is 20.3 Å². The van der Waals surface area contributed by atoms with Crippen LogP contribution >= 0.6 is 0 Å². The van der Waals surface area contributed by atoms with Crippen LogP contribution in [0.25, 0.3) is 16.4 Å². The van der Waals surface area contributed by atoms with Gasteiger partial charge >= 0.3 is 0 Å². The lowest BCUT2D eigenvalue weighted by molar-refractivity contribution is -0.138. The van der Waals surface area contributed by atoms with E-state index in [4.69, 9.17) is 9.84 Å². The number of methoxy groups -OCH3 is 1. The van der Waals surface area contributed by atoms with Gasteiger partial charge in [0, 0.05) is 80.6 Å². The number of anilines is 2. The minimum Gasteiger partial charge on any atom is -0.494 e. The van der Waals surface area contributed by atoms with Gasteiger partial charge in [-0.3, -0.25) is 34.1 Å². The van der Waals surface area contributed by atoms with Crippen LogP contribution in [-0.4, -0.2) is 105 Å². The quantitative estimate of drug-likeness (QED) is 0.215. The number of aromatic nitrogens is 4. The molecular formula is C42H42F2N10O5. The summed E-state index contributed by atoms with van der Waals surface area (Å²) in [6.07, 6.45) is 7.42. The summed E-state index contributed by atoms with van der Waals surface area (Å²) in [7, 11) is 1.55. The van der Waals surface area contributed by atoms with Crippen LogP contribution in [0.2, 0.25) is 0 Å². The van der Waals surface area contributed by atoms with E-state index >= 15 is 8.78 Å². The van der Waals surface area contributed by atoms with Crippen LogP contribution in [0.5, 0.6) is 5.75 Å². The Kier molecular flexibility index (Phi) is 9.95. The van der Waals surface area contributed by atoms with Crippen LogP contribution in [0.3, 0.4) is 0 Å². The molecule has 0 spiro atoms. The van der Waals surface area contributed by atoms with E-state index in [1.165, 1.54) is 22.8 Å². The maximum absolute atomic E-state index is 15.1. The molecule has 4 amide bonds. The first-order valence-corrected chi connectivity index (χ1v) is 19.9. The fraction of sp³-hybridized carbons (Fsp3) is 0.405. The third-order valence-corrected chi connectivity index (χ3v) is 12.4. The minimum absolute atomic E-state index is 0.0251. The van der Waals surface area contributed by atoms with Crippen molar-refractivity contribution in [1.29, 1.82) is 5.26 Å². The molecule has 3 aliphatic heterocycles. The van der Waals surface area contributed by atoms with Crippen LogP contribution in [0.1, 0.15) is 72.1 Å². The average Bonchev–Trinajstić information content (AvgIpc) is 3.84. The molecule has 2 aromatic carbocycles. The number of rotatable bonds is 8. The smallest absolute Gasteiger partial charge is 0.274 e. The highest BCUT2D eigenvalue weighted by Crippen LogP contribution is 2.37. The molecule has 5 aromatic rings. The summed E-state index contributed by atoms with van der Waals surface area (Å²) >= 11 is 0. The van der Waals surface area contributed by atoms with Crippen molar-refractivity contribution in [2.24, 2.45) is 5.92 Å². The molecule has 4 fully saturated rings. The van der Waals surface area contributed by atoms with Crippen molar-refractivity contribution >= 4 is 51.4 Å². The lowest BCUT2D eigenvalue weighted by Crippen LogP contribution is -2.59. The molecule has 17 heteroatoms. The van der Waals surface area contributed by atoms with E-state index in [9.17, 15) is 24.4 Å². The number of piperidine rings is 1. The molecule has 0 radical (unpaired) electrons. The molecule has 1 aliphatic carbocycles. The predicted octanol–water partition coefficient (Wildman–Crippen LogP) is 4.38. The van der Waals surface area contributed by atoms with E-state index in [0.29, 0.717) is 66.1 Å². The lowest BCUT2D eigenvalue weighted by Gasteiger charge is -2.45. The van der Waals surface area contributed by atoms with Gasteiger partial charge in [-0.2, -0.15) is 15.5 Å². The monoisotopic (exact) mass is 804 g/mol. The zero-order valence-corrected chi connectivity index (χ0v) is 32.4. The zero-order chi connectivity index (χ0) is 40.9. The molecule has 1 atom stereocenters. The van der Waals surface area contributed by atoms with Crippen molar-refractivity contribution in [3.05, 3.63) is 83.3 Å². The first-order chi connectivity index (χ1) is 28.6. The van der Waals surface area contributed by atoms with Gasteiger partial charge in [0.1, 0.15) is 29.1 Å². The Morgan fingerprint density at radius 1 is 0.949 bits per heavy atom. The van der Waals surface area contributed by atoms with Gasteiger partial charge in [-0.1, -0.05) is 0 Å². The van der Waals surface area contributed by atoms with Crippen molar-refractivity contribution in [2.45, 2.75) is 56.5 Å². The number of hydrogen-bond donors (Lipinski definition) is 2. The number of nitriles is 1. The first kappa shape index (κ1) is 38.1. The van der Waals surface area contributed by atoms with Crippen molar-refractivity contribution in [3.63, 3.8) is 0 Å². The van der Waals surface area contributed by atoms with Crippen molar-refractivity contribution in [3.8, 4) is 11.8 Å².